The van der Waals surface area contributed by atoms with Gasteiger partial charge in [0.15, 0.2) is 5.78 Å². The number of carbonyl (C=O) groups is 1. The van der Waals surface area contributed by atoms with Crippen LogP contribution in [0.4, 0.5) is 0 Å². The first-order valence-corrected chi connectivity index (χ1v) is 6.69. The van der Waals surface area contributed by atoms with Gasteiger partial charge in [0.25, 0.3) is 0 Å². The lowest BCUT2D eigenvalue weighted by atomic mass is 9.73. The molecule has 0 saturated carbocycles. The highest BCUT2D eigenvalue weighted by Gasteiger charge is 2.41. The number of hydrogen-bond acceptors (Lipinski definition) is 4. The summed E-state index contributed by atoms with van der Waals surface area (Å²) in [6.07, 6.45) is 0. The van der Waals surface area contributed by atoms with Gasteiger partial charge < -0.3 is 15.3 Å². The summed E-state index contributed by atoms with van der Waals surface area (Å²) in [7, 11) is 0. The van der Waals surface area contributed by atoms with Crippen molar-refractivity contribution < 1.29 is 20.1 Å². The second kappa shape index (κ2) is 4.09. The molecule has 0 fully saturated rings. The first-order valence-electron chi connectivity index (χ1n) is 6.69. The number of phenolic OH excluding ortho intramolecular Hbond substituents is 2. The maximum atomic E-state index is 12.7. The minimum absolute atomic E-state index is 0.000825. The van der Waals surface area contributed by atoms with Crippen molar-refractivity contribution in [1.29, 1.82) is 0 Å². The third-order valence-corrected chi connectivity index (χ3v) is 4.20. The maximum absolute atomic E-state index is 12.7. The molecular formula is C17H16O4. The number of hydrogen-bond donors (Lipinski definition) is 3. The van der Waals surface area contributed by atoms with Crippen LogP contribution in [0.25, 0.3) is 0 Å². The lowest BCUT2D eigenvalue weighted by molar-refractivity contribution is 0.0854. The minimum atomic E-state index is -1.45. The summed E-state index contributed by atoms with van der Waals surface area (Å²) in [6, 6.07) is 6.19. The van der Waals surface area contributed by atoms with Crippen LogP contribution in [0.15, 0.2) is 24.3 Å². The molecule has 0 amide bonds. The topological polar surface area (TPSA) is 77.8 Å². The highest BCUT2D eigenvalue weighted by Crippen LogP contribution is 2.45. The molecule has 2 aromatic rings. The van der Waals surface area contributed by atoms with Crippen LogP contribution >= 0.6 is 0 Å². The Morgan fingerprint density at radius 3 is 2.29 bits per heavy atom. The smallest absolute Gasteiger partial charge is 0.197 e. The average Bonchev–Trinajstić information content (AvgIpc) is 2.38. The van der Waals surface area contributed by atoms with Crippen molar-refractivity contribution in [2.45, 2.75) is 26.4 Å². The van der Waals surface area contributed by atoms with Crippen LogP contribution in [-0.2, 0) is 5.60 Å². The normalized spacial score (nSPS) is 20.1. The Morgan fingerprint density at radius 1 is 0.952 bits per heavy atom. The van der Waals surface area contributed by atoms with E-state index < -0.39 is 5.60 Å². The quantitative estimate of drug-likeness (QED) is 0.694. The second-order valence-electron chi connectivity index (χ2n) is 5.74. The van der Waals surface area contributed by atoms with Crippen molar-refractivity contribution in [3.63, 3.8) is 0 Å². The number of fused-ring (bicyclic) bond motifs is 2. The molecule has 0 saturated heterocycles. The van der Waals surface area contributed by atoms with Gasteiger partial charge in [-0.1, -0.05) is 12.1 Å². The van der Waals surface area contributed by atoms with Gasteiger partial charge in [0.1, 0.15) is 17.1 Å². The molecule has 0 aliphatic heterocycles. The summed E-state index contributed by atoms with van der Waals surface area (Å²) in [5, 5.41) is 30.9. The molecule has 3 N–H and O–H groups in total. The first-order chi connectivity index (χ1) is 9.75. The fraction of sp³-hybridized carbons (Fsp3) is 0.235. The van der Waals surface area contributed by atoms with Gasteiger partial charge in [-0.05, 0) is 44.0 Å². The van der Waals surface area contributed by atoms with Crippen LogP contribution in [0.5, 0.6) is 11.5 Å². The Balaban J connectivity index is 2.45. The minimum Gasteiger partial charge on any atom is -0.508 e. The summed E-state index contributed by atoms with van der Waals surface area (Å²) < 4.78 is 0. The summed E-state index contributed by atoms with van der Waals surface area (Å²) in [6.45, 7) is 4.96. The molecule has 108 valence electrons. The highest BCUT2D eigenvalue weighted by atomic mass is 16.3. The standard InChI is InChI=1S/C17H16O4/c1-8-4-5-11-14(15(8)19)16(20)13-9(2)6-10(18)7-12(13)17(11,3)21/h4-7,18-19,21H,1-3H3. The molecular weight excluding hydrogens is 268 g/mol. The van der Waals surface area contributed by atoms with Gasteiger partial charge in [0.2, 0.25) is 0 Å². The molecule has 0 aromatic heterocycles. The van der Waals surface area contributed by atoms with E-state index in [9.17, 15) is 20.1 Å². The highest BCUT2D eigenvalue weighted by molar-refractivity contribution is 6.15. The van der Waals surface area contributed by atoms with E-state index in [1.165, 1.54) is 12.1 Å². The van der Waals surface area contributed by atoms with E-state index >= 15 is 0 Å². The van der Waals surface area contributed by atoms with Crippen molar-refractivity contribution in [3.05, 3.63) is 57.6 Å². The third-order valence-electron chi connectivity index (χ3n) is 4.20. The Labute approximate surface area is 122 Å². The number of ketones is 1. The van der Waals surface area contributed by atoms with Crippen LogP contribution in [0.3, 0.4) is 0 Å². The molecule has 3 rings (SSSR count). The molecule has 0 heterocycles. The third kappa shape index (κ3) is 1.69. The molecule has 1 atom stereocenters. The van der Waals surface area contributed by atoms with E-state index in [4.69, 9.17) is 0 Å². The number of aromatic hydroxyl groups is 2. The number of carbonyl (C=O) groups excluding carboxylic acids is 1. The van der Waals surface area contributed by atoms with Crippen LogP contribution in [0.1, 0.15) is 45.1 Å². The van der Waals surface area contributed by atoms with E-state index in [-0.39, 0.29) is 22.8 Å². The van der Waals surface area contributed by atoms with Gasteiger partial charge in [-0.2, -0.15) is 0 Å². The van der Waals surface area contributed by atoms with E-state index in [0.29, 0.717) is 27.8 Å². The van der Waals surface area contributed by atoms with Gasteiger partial charge >= 0.3 is 0 Å². The fourth-order valence-corrected chi connectivity index (χ4v) is 3.05. The Hall–Kier alpha value is -2.33. The lowest BCUT2D eigenvalue weighted by Gasteiger charge is -2.34. The molecule has 4 nitrogen and oxygen atoms in total. The summed E-state index contributed by atoms with van der Waals surface area (Å²) in [5.74, 6) is -0.430. The lowest BCUT2D eigenvalue weighted by Crippen LogP contribution is -2.33. The molecule has 1 aliphatic carbocycles. The Kier molecular flexibility index (Phi) is 2.65. The van der Waals surface area contributed by atoms with Gasteiger partial charge in [-0.3, -0.25) is 4.79 Å². The van der Waals surface area contributed by atoms with Gasteiger partial charge in [0, 0.05) is 16.7 Å². The average molecular weight is 284 g/mol. The summed E-state index contributed by atoms with van der Waals surface area (Å²) in [5.41, 5.74) is 0.897. The summed E-state index contributed by atoms with van der Waals surface area (Å²) in [4.78, 5) is 12.7. The zero-order valence-electron chi connectivity index (χ0n) is 12.1. The number of aliphatic hydroxyl groups is 1. The SMILES string of the molecule is Cc1ccc2c(c1O)C(=O)c1c(C)cc(O)cc1C2(C)O. The zero-order valence-corrected chi connectivity index (χ0v) is 12.1. The summed E-state index contributed by atoms with van der Waals surface area (Å²) >= 11 is 0. The molecule has 0 bridgehead atoms. The zero-order chi connectivity index (χ0) is 15.5. The number of rotatable bonds is 0. The number of phenols is 2. The van der Waals surface area contributed by atoms with E-state index in [1.807, 2.05) is 0 Å². The van der Waals surface area contributed by atoms with Gasteiger partial charge in [0.05, 0.1) is 5.56 Å². The molecule has 0 spiro atoms. The Morgan fingerprint density at radius 2 is 1.62 bits per heavy atom. The van der Waals surface area contributed by atoms with Gasteiger partial charge in [-0.15, -0.1) is 0 Å². The van der Waals surface area contributed by atoms with Crippen molar-refractivity contribution in [2.75, 3.05) is 0 Å². The fourth-order valence-electron chi connectivity index (χ4n) is 3.05. The predicted octanol–water partition coefficient (Wildman–Crippen LogP) is 2.51. The molecule has 1 unspecified atom stereocenters. The monoisotopic (exact) mass is 284 g/mol. The van der Waals surface area contributed by atoms with E-state index in [2.05, 4.69) is 0 Å². The van der Waals surface area contributed by atoms with Crippen molar-refractivity contribution >= 4 is 5.78 Å². The Bertz CT molecular complexity index is 788. The van der Waals surface area contributed by atoms with Gasteiger partial charge in [-0.25, -0.2) is 0 Å². The molecule has 1 aliphatic rings. The van der Waals surface area contributed by atoms with Crippen LogP contribution in [-0.4, -0.2) is 21.1 Å². The van der Waals surface area contributed by atoms with Crippen molar-refractivity contribution in [1.82, 2.24) is 0 Å². The van der Waals surface area contributed by atoms with E-state index in [1.54, 1.807) is 32.9 Å². The molecule has 4 heteroatoms. The van der Waals surface area contributed by atoms with Crippen molar-refractivity contribution in [2.24, 2.45) is 0 Å². The van der Waals surface area contributed by atoms with Crippen molar-refractivity contribution in [3.8, 4) is 11.5 Å². The molecule has 21 heavy (non-hydrogen) atoms. The maximum Gasteiger partial charge on any atom is 0.197 e. The number of aryl methyl sites for hydroxylation is 2. The second-order valence-corrected chi connectivity index (χ2v) is 5.74. The van der Waals surface area contributed by atoms with Crippen LogP contribution < -0.4 is 0 Å². The molecule has 2 aromatic carbocycles. The predicted molar refractivity (Wildman–Crippen MR) is 77.8 cm³/mol. The van der Waals surface area contributed by atoms with Crippen LogP contribution in [0.2, 0.25) is 0 Å². The van der Waals surface area contributed by atoms with E-state index in [0.717, 1.165) is 0 Å². The first kappa shape index (κ1) is 13.6. The molecule has 0 radical (unpaired) electrons. The van der Waals surface area contributed by atoms with Crippen LogP contribution in [0, 0.1) is 13.8 Å². The largest absolute Gasteiger partial charge is 0.508 e. The number of benzene rings is 2.